The van der Waals surface area contributed by atoms with Crippen LogP contribution in [0.3, 0.4) is 0 Å². The van der Waals surface area contributed by atoms with Crippen LogP contribution in [0.4, 0.5) is 4.79 Å². The average molecular weight is 592 g/mol. The van der Waals surface area contributed by atoms with Crippen molar-refractivity contribution in [1.29, 1.82) is 0 Å². The molecule has 1 aliphatic carbocycles. The van der Waals surface area contributed by atoms with E-state index in [-0.39, 0.29) is 11.2 Å². The van der Waals surface area contributed by atoms with Crippen LogP contribution in [-0.2, 0) is 16.0 Å². The number of thioether (sulfide) groups is 1. The van der Waals surface area contributed by atoms with Crippen molar-refractivity contribution >= 4 is 34.7 Å². The van der Waals surface area contributed by atoms with Crippen molar-refractivity contribution in [3.63, 3.8) is 0 Å². The fourth-order valence-electron chi connectivity index (χ4n) is 5.78. The third-order valence-electron chi connectivity index (χ3n) is 7.86. The Hall–Kier alpha value is -3.46. The van der Waals surface area contributed by atoms with E-state index >= 15 is 0 Å². The number of carbonyl (C=O) groups is 2. The Morgan fingerprint density at radius 2 is 1.83 bits per heavy atom. The molecule has 1 aliphatic heterocycles. The van der Waals surface area contributed by atoms with Crippen molar-refractivity contribution in [1.82, 2.24) is 10.7 Å². The van der Waals surface area contributed by atoms with Crippen LogP contribution in [0.15, 0.2) is 58.0 Å². The Morgan fingerprint density at radius 3 is 2.55 bits per heavy atom. The molecule has 0 radical (unpaired) electrons. The number of rotatable bonds is 7. The van der Waals surface area contributed by atoms with Crippen LogP contribution >= 0.6 is 11.8 Å². The van der Waals surface area contributed by atoms with E-state index in [0.29, 0.717) is 17.8 Å². The maximum absolute atomic E-state index is 13.2. The van der Waals surface area contributed by atoms with E-state index in [4.69, 9.17) is 13.9 Å². The van der Waals surface area contributed by atoms with E-state index in [9.17, 15) is 9.59 Å². The van der Waals surface area contributed by atoms with E-state index in [1.54, 1.807) is 32.5 Å². The Morgan fingerprint density at radius 1 is 1.07 bits per heavy atom. The highest BCUT2D eigenvalue weighted by Crippen LogP contribution is 2.43. The number of alkyl carbamates (subject to hydrolysis) is 1. The van der Waals surface area contributed by atoms with Gasteiger partial charge in [0.1, 0.15) is 28.6 Å². The van der Waals surface area contributed by atoms with Crippen molar-refractivity contribution in [3.05, 3.63) is 59.6 Å². The zero-order chi connectivity index (χ0) is 29.7. The zero-order valence-electron chi connectivity index (χ0n) is 25.0. The van der Waals surface area contributed by atoms with Crippen LogP contribution in [0, 0.1) is 0 Å². The molecule has 2 aliphatic rings. The van der Waals surface area contributed by atoms with Gasteiger partial charge in [-0.1, -0.05) is 36.8 Å². The van der Waals surface area contributed by atoms with Gasteiger partial charge in [0.05, 0.1) is 0 Å². The number of hydrogen-bond acceptors (Lipinski definition) is 7. The van der Waals surface area contributed by atoms with Crippen molar-refractivity contribution in [2.45, 2.75) is 89.4 Å². The number of amides is 2. The molecule has 2 N–H and O–H groups in total. The van der Waals surface area contributed by atoms with Crippen LogP contribution in [0.5, 0.6) is 5.75 Å². The number of carbonyl (C=O) groups excluding carboxylic acids is 2. The fourth-order valence-corrected chi connectivity index (χ4v) is 6.26. The van der Waals surface area contributed by atoms with Crippen molar-refractivity contribution in [2.75, 3.05) is 12.0 Å². The normalized spacial score (nSPS) is 17.3. The molecule has 1 fully saturated rings. The van der Waals surface area contributed by atoms with Crippen molar-refractivity contribution < 1.29 is 23.5 Å². The third-order valence-corrected chi connectivity index (χ3v) is 8.50. The number of benzene rings is 2. The zero-order valence-corrected chi connectivity index (χ0v) is 25.8. The number of nitrogens with one attached hydrogen (secondary N) is 2. The summed E-state index contributed by atoms with van der Waals surface area (Å²) in [7, 11) is 0. The number of hydrogen-bond donors (Lipinski definition) is 2. The van der Waals surface area contributed by atoms with Gasteiger partial charge < -0.3 is 19.2 Å². The van der Waals surface area contributed by atoms with Crippen LogP contribution in [0.2, 0.25) is 0 Å². The summed E-state index contributed by atoms with van der Waals surface area (Å²) in [6.07, 6.45) is 9.60. The molecule has 2 aromatic carbocycles. The number of ether oxygens (including phenoxy) is 2. The predicted molar refractivity (Wildman–Crippen MR) is 166 cm³/mol. The largest absolute Gasteiger partial charge is 0.487 e. The van der Waals surface area contributed by atoms with Gasteiger partial charge >= 0.3 is 6.09 Å². The number of nitrogens with zero attached hydrogens (tertiary/aromatic N) is 1. The van der Waals surface area contributed by atoms with E-state index in [1.165, 1.54) is 24.8 Å². The second-order valence-electron chi connectivity index (χ2n) is 12.2. The maximum Gasteiger partial charge on any atom is 0.408 e. The minimum atomic E-state index is -0.808. The molecule has 1 saturated carbocycles. The summed E-state index contributed by atoms with van der Waals surface area (Å²) in [5.74, 6) is 1.11. The molecule has 2 amide bonds. The van der Waals surface area contributed by atoms with Crippen LogP contribution in [0.25, 0.3) is 22.1 Å². The first-order chi connectivity index (χ1) is 20.1. The minimum Gasteiger partial charge on any atom is -0.487 e. The molecule has 1 aromatic heterocycles. The monoisotopic (exact) mass is 591 g/mol. The lowest BCUT2D eigenvalue weighted by molar-refractivity contribution is -0.123. The van der Waals surface area contributed by atoms with Gasteiger partial charge in [0, 0.05) is 17.5 Å². The average Bonchev–Trinajstić information content (AvgIpc) is 2.96. The molecular weight excluding hydrogens is 550 g/mol. The lowest BCUT2D eigenvalue weighted by atomic mass is 9.79. The number of aryl methyl sites for hydroxylation is 1. The summed E-state index contributed by atoms with van der Waals surface area (Å²) in [4.78, 5) is 25.6. The molecule has 0 bridgehead atoms. The summed E-state index contributed by atoms with van der Waals surface area (Å²) in [6.45, 7) is 5.34. The summed E-state index contributed by atoms with van der Waals surface area (Å²) in [5, 5.41) is 7.99. The molecule has 9 heteroatoms. The summed E-state index contributed by atoms with van der Waals surface area (Å²) in [6, 6.07) is 15.3. The molecular formula is C33H41N3O5S. The Bertz CT molecular complexity index is 1490. The highest BCUT2D eigenvalue weighted by atomic mass is 32.2. The highest BCUT2D eigenvalue weighted by Gasteiger charge is 2.37. The first-order valence-electron chi connectivity index (χ1n) is 14.8. The lowest BCUT2D eigenvalue weighted by Crippen LogP contribution is -2.47. The second kappa shape index (κ2) is 12.8. The van der Waals surface area contributed by atoms with Crippen LogP contribution in [-0.4, -0.2) is 41.3 Å². The molecule has 0 saturated heterocycles. The first kappa shape index (κ1) is 30.0. The topological polar surface area (TPSA) is 102 Å². The number of fused-ring (bicyclic) bond motifs is 2. The molecule has 1 atom stereocenters. The molecule has 224 valence electrons. The quantitative estimate of drug-likeness (QED) is 0.296. The van der Waals surface area contributed by atoms with Crippen molar-refractivity contribution in [3.8, 4) is 16.9 Å². The van der Waals surface area contributed by atoms with Gasteiger partial charge in [0.2, 0.25) is 5.55 Å². The summed E-state index contributed by atoms with van der Waals surface area (Å²) < 4.78 is 18.3. The molecule has 1 unspecified atom stereocenters. The first-order valence-corrected chi connectivity index (χ1v) is 16.2. The van der Waals surface area contributed by atoms with Gasteiger partial charge in [0.25, 0.3) is 5.91 Å². The van der Waals surface area contributed by atoms with Gasteiger partial charge in [-0.3, -0.25) is 4.79 Å². The SMILES string of the molecule is CSCCC(NC(=O)OC(C)(C)C)C(=O)NN=c1cc(-c2ccccc2)c2cc3c(cc2o1)OC1(CCCCC1)CC3. The van der Waals surface area contributed by atoms with Crippen molar-refractivity contribution in [2.24, 2.45) is 5.10 Å². The molecule has 8 nitrogen and oxygen atoms in total. The summed E-state index contributed by atoms with van der Waals surface area (Å²) in [5.41, 5.74) is 5.91. The second-order valence-corrected chi connectivity index (χ2v) is 13.2. The standard InChI is InChI=1S/C33H41N3O5S/c1-32(2,3)41-31(38)34-26(14-18-42-4)30(37)36-35-29-20-24(22-11-7-5-8-12-22)25-19-23-13-17-33(15-9-6-10-16-33)40-27(23)21-28(25)39-29/h5,7-8,11-12,19-21,26H,6,9-10,13-18H2,1-4H3,(H,34,38)(H,36,37). The molecule has 3 aromatic rings. The van der Waals surface area contributed by atoms with E-state index in [2.05, 4.69) is 21.9 Å². The molecule has 5 rings (SSSR count). The smallest absolute Gasteiger partial charge is 0.408 e. The Balaban J connectivity index is 1.47. The molecule has 2 heterocycles. The Kier molecular flexibility index (Phi) is 9.16. The lowest BCUT2D eigenvalue weighted by Gasteiger charge is -2.41. The third kappa shape index (κ3) is 7.30. The minimum absolute atomic E-state index is 0.0793. The molecule has 42 heavy (non-hydrogen) atoms. The van der Waals surface area contributed by atoms with Crippen LogP contribution in [0.1, 0.15) is 71.3 Å². The van der Waals surface area contributed by atoms with E-state index in [1.807, 2.05) is 48.7 Å². The maximum atomic E-state index is 13.2. The Labute approximate surface area is 251 Å². The van der Waals surface area contributed by atoms with Gasteiger partial charge in [-0.2, -0.15) is 11.8 Å². The summed E-state index contributed by atoms with van der Waals surface area (Å²) >= 11 is 1.59. The highest BCUT2D eigenvalue weighted by molar-refractivity contribution is 7.98. The van der Waals surface area contributed by atoms with Gasteiger partial charge in [-0.05, 0) is 100 Å². The van der Waals surface area contributed by atoms with Gasteiger partial charge in [-0.25, -0.2) is 10.2 Å². The van der Waals surface area contributed by atoms with Gasteiger partial charge in [-0.15, -0.1) is 5.10 Å². The van der Waals surface area contributed by atoms with Crippen LogP contribution < -0.4 is 21.0 Å². The predicted octanol–water partition coefficient (Wildman–Crippen LogP) is 6.71. The van der Waals surface area contributed by atoms with E-state index in [0.717, 1.165) is 47.9 Å². The molecule has 1 spiro atoms. The van der Waals surface area contributed by atoms with Gasteiger partial charge in [0.15, 0.2) is 0 Å². The fraction of sp³-hybridized carbons (Fsp3) is 0.485. The van der Waals surface area contributed by atoms with E-state index < -0.39 is 23.6 Å².